The van der Waals surface area contributed by atoms with Gasteiger partial charge in [-0.25, -0.2) is 0 Å². The molecule has 2 aliphatic carbocycles. The van der Waals surface area contributed by atoms with Crippen LogP contribution in [0.3, 0.4) is 0 Å². The number of hydrogen-bond donors (Lipinski definition) is 1. The van der Waals surface area contributed by atoms with E-state index in [9.17, 15) is 4.79 Å². The molecule has 0 spiro atoms. The minimum atomic E-state index is -0.427. The Morgan fingerprint density at radius 2 is 2.00 bits per heavy atom. The molecule has 0 saturated heterocycles. The van der Waals surface area contributed by atoms with E-state index in [2.05, 4.69) is 56.1 Å². The lowest BCUT2D eigenvalue weighted by Crippen LogP contribution is -2.40. The highest BCUT2D eigenvalue weighted by atomic mass is 16.1. The number of pyridine rings is 1. The van der Waals surface area contributed by atoms with E-state index in [1.165, 1.54) is 22.3 Å². The van der Waals surface area contributed by atoms with Gasteiger partial charge in [-0.2, -0.15) is 0 Å². The molecule has 3 heteroatoms. The van der Waals surface area contributed by atoms with Crippen LogP contribution in [0.1, 0.15) is 44.0 Å². The van der Waals surface area contributed by atoms with Crippen LogP contribution in [0.5, 0.6) is 0 Å². The highest BCUT2D eigenvalue weighted by Gasteiger charge is 2.46. The number of H-pyrrole nitrogens is 1. The number of nitrogens with one attached hydrogen (secondary N) is 1. The standard InChI is InChI=1S/C25H26N2O/c1-4-21-20-14-17(2)16-25(21,22-10-11-24(28)27-23(22)15-20)26-13-12-18(3)19-8-6-5-7-9-19/h4-14,20H,15-16H2,1-3H3,(H,27,28)/b18-12+,21-4+,26-13+. The van der Waals surface area contributed by atoms with Crippen molar-refractivity contribution < 1.29 is 0 Å². The van der Waals surface area contributed by atoms with E-state index >= 15 is 0 Å². The number of fused-ring (bicyclic) bond motifs is 4. The molecule has 0 radical (unpaired) electrons. The molecule has 2 bridgehead atoms. The summed E-state index contributed by atoms with van der Waals surface area (Å²) in [6, 6.07) is 13.9. The first-order chi connectivity index (χ1) is 13.5. The maximum absolute atomic E-state index is 11.9. The Hall–Kier alpha value is -2.94. The van der Waals surface area contributed by atoms with E-state index in [-0.39, 0.29) is 5.56 Å². The van der Waals surface area contributed by atoms with Gasteiger partial charge < -0.3 is 4.98 Å². The van der Waals surface area contributed by atoms with Crippen molar-refractivity contribution >= 4 is 11.8 Å². The quantitative estimate of drug-likeness (QED) is 0.585. The van der Waals surface area contributed by atoms with Gasteiger partial charge in [-0.1, -0.05) is 48.1 Å². The Bertz CT molecular complexity index is 1070. The first-order valence-corrected chi connectivity index (χ1v) is 9.87. The molecule has 3 nitrogen and oxygen atoms in total. The van der Waals surface area contributed by atoms with Gasteiger partial charge in [-0.05, 0) is 56.0 Å². The molecule has 28 heavy (non-hydrogen) atoms. The number of aliphatic imine (C=N–C) groups is 1. The third kappa shape index (κ3) is 3.11. The number of rotatable bonds is 3. The van der Waals surface area contributed by atoms with E-state index in [4.69, 9.17) is 4.99 Å². The van der Waals surface area contributed by atoms with Gasteiger partial charge in [0, 0.05) is 35.9 Å². The normalized spacial score (nSPS) is 25.7. The molecule has 1 N–H and O–H groups in total. The molecule has 0 fully saturated rings. The van der Waals surface area contributed by atoms with Crippen molar-refractivity contribution in [2.24, 2.45) is 10.9 Å². The predicted molar refractivity (Wildman–Crippen MR) is 117 cm³/mol. The second-order valence-corrected chi connectivity index (χ2v) is 7.81. The van der Waals surface area contributed by atoms with Crippen molar-refractivity contribution in [2.45, 2.75) is 39.2 Å². The Morgan fingerprint density at radius 1 is 1.21 bits per heavy atom. The summed E-state index contributed by atoms with van der Waals surface area (Å²) in [4.78, 5) is 20.1. The molecule has 4 rings (SSSR count). The molecular formula is C25H26N2O. The molecule has 2 unspecified atom stereocenters. The predicted octanol–water partition coefficient (Wildman–Crippen LogP) is 5.21. The lowest BCUT2D eigenvalue weighted by molar-refractivity contribution is 0.413. The monoisotopic (exact) mass is 370 g/mol. The average Bonchev–Trinajstić information content (AvgIpc) is 2.67. The average molecular weight is 370 g/mol. The van der Waals surface area contributed by atoms with Gasteiger partial charge in [0.15, 0.2) is 0 Å². The first kappa shape index (κ1) is 18.4. The molecule has 2 aromatic rings. The minimum Gasteiger partial charge on any atom is -0.326 e. The third-order valence-electron chi connectivity index (χ3n) is 5.93. The zero-order valence-corrected chi connectivity index (χ0v) is 16.7. The van der Waals surface area contributed by atoms with E-state index in [0.717, 1.165) is 24.1 Å². The molecule has 0 aliphatic heterocycles. The second-order valence-electron chi connectivity index (χ2n) is 7.81. The van der Waals surface area contributed by atoms with Crippen LogP contribution in [0.4, 0.5) is 0 Å². The van der Waals surface area contributed by atoms with Crippen molar-refractivity contribution in [3.63, 3.8) is 0 Å². The topological polar surface area (TPSA) is 45.2 Å². The van der Waals surface area contributed by atoms with Crippen LogP contribution in [0.2, 0.25) is 0 Å². The molecule has 2 atom stereocenters. The zero-order valence-electron chi connectivity index (χ0n) is 16.7. The lowest BCUT2D eigenvalue weighted by atomic mass is 9.63. The number of nitrogens with zero attached hydrogens (tertiary/aromatic N) is 1. The van der Waals surface area contributed by atoms with Crippen molar-refractivity contribution in [2.75, 3.05) is 0 Å². The number of aromatic amines is 1. The molecule has 142 valence electrons. The number of allylic oxidation sites excluding steroid dienone is 4. The first-order valence-electron chi connectivity index (χ1n) is 9.87. The van der Waals surface area contributed by atoms with Gasteiger partial charge in [0.2, 0.25) is 5.56 Å². The zero-order chi connectivity index (χ0) is 19.7. The van der Waals surface area contributed by atoms with Crippen molar-refractivity contribution in [1.29, 1.82) is 0 Å². The van der Waals surface area contributed by atoms with Gasteiger partial charge in [-0.3, -0.25) is 9.79 Å². The Morgan fingerprint density at radius 3 is 2.75 bits per heavy atom. The van der Waals surface area contributed by atoms with Gasteiger partial charge in [0.25, 0.3) is 0 Å². The highest BCUT2D eigenvalue weighted by molar-refractivity contribution is 5.84. The molecule has 0 saturated carbocycles. The summed E-state index contributed by atoms with van der Waals surface area (Å²) in [5.41, 5.74) is 6.75. The summed E-state index contributed by atoms with van der Waals surface area (Å²) in [6.07, 6.45) is 10.3. The van der Waals surface area contributed by atoms with Crippen LogP contribution in [0, 0.1) is 5.92 Å². The Kier molecular flexibility index (Phi) is 4.76. The van der Waals surface area contributed by atoms with Crippen LogP contribution >= 0.6 is 0 Å². The lowest BCUT2D eigenvalue weighted by Gasteiger charge is -2.45. The Labute approximate surface area is 166 Å². The van der Waals surface area contributed by atoms with E-state index in [1.807, 2.05) is 30.5 Å². The molecule has 0 amide bonds. The van der Waals surface area contributed by atoms with Gasteiger partial charge in [0.1, 0.15) is 5.54 Å². The van der Waals surface area contributed by atoms with Crippen LogP contribution in [0.25, 0.3) is 5.57 Å². The fraction of sp³-hybridized carbons (Fsp3) is 0.280. The van der Waals surface area contributed by atoms with Gasteiger partial charge in [0.05, 0.1) is 0 Å². The molecule has 1 aromatic heterocycles. The second kappa shape index (κ2) is 7.23. The summed E-state index contributed by atoms with van der Waals surface area (Å²) in [5, 5.41) is 0. The van der Waals surface area contributed by atoms with Crippen LogP contribution in [0.15, 0.2) is 81.6 Å². The maximum Gasteiger partial charge on any atom is 0.248 e. The van der Waals surface area contributed by atoms with Crippen molar-refractivity contribution in [3.05, 3.63) is 99.0 Å². The highest BCUT2D eigenvalue weighted by Crippen LogP contribution is 2.51. The molecule has 2 aliphatic rings. The van der Waals surface area contributed by atoms with E-state index in [1.54, 1.807) is 6.07 Å². The van der Waals surface area contributed by atoms with E-state index in [0.29, 0.717) is 5.92 Å². The largest absolute Gasteiger partial charge is 0.326 e. The Balaban J connectivity index is 1.82. The molecular weight excluding hydrogens is 344 g/mol. The fourth-order valence-electron chi connectivity index (χ4n) is 4.73. The van der Waals surface area contributed by atoms with Crippen LogP contribution < -0.4 is 5.56 Å². The van der Waals surface area contributed by atoms with Crippen LogP contribution in [-0.2, 0) is 12.0 Å². The van der Waals surface area contributed by atoms with Crippen LogP contribution in [-0.4, -0.2) is 11.2 Å². The number of aromatic nitrogens is 1. The smallest absolute Gasteiger partial charge is 0.248 e. The van der Waals surface area contributed by atoms with Crippen molar-refractivity contribution in [1.82, 2.24) is 4.98 Å². The molecule has 1 aromatic carbocycles. The summed E-state index contributed by atoms with van der Waals surface area (Å²) in [5.74, 6) is 0.292. The SMILES string of the molecule is C/C=C1\C2C=C(C)CC1(/N=C/C=C(\C)c1ccccc1)c1ccc(=O)[nH]c1C2. The summed E-state index contributed by atoms with van der Waals surface area (Å²) in [6.45, 7) is 6.39. The maximum atomic E-state index is 11.9. The number of hydrogen-bond acceptors (Lipinski definition) is 2. The third-order valence-corrected chi connectivity index (χ3v) is 5.93. The summed E-state index contributed by atoms with van der Waals surface area (Å²) < 4.78 is 0. The number of benzene rings is 1. The summed E-state index contributed by atoms with van der Waals surface area (Å²) in [7, 11) is 0. The van der Waals surface area contributed by atoms with Crippen molar-refractivity contribution in [3.8, 4) is 0 Å². The minimum absolute atomic E-state index is 0.0413. The van der Waals surface area contributed by atoms with E-state index < -0.39 is 5.54 Å². The van der Waals surface area contributed by atoms with Gasteiger partial charge >= 0.3 is 0 Å². The molecule has 1 heterocycles. The fourth-order valence-corrected chi connectivity index (χ4v) is 4.73. The van der Waals surface area contributed by atoms with Gasteiger partial charge in [-0.15, -0.1) is 0 Å². The summed E-state index contributed by atoms with van der Waals surface area (Å²) >= 11 is 0.